The first kappa shape index (κ1) is 12.1. The minimum absolute atomic E-state index is 0.169. The molecule has 0 fully saturated rings. The normalized spacial score (nSPS) is 19.9. The topological polar surface area (TPSA) is 68.8 Å². The number of fused-ring (bicyclic) bond motifs is 1. The summed E-state index contributed by atoms with van der Waals surface area (Å²) in [6, 6.07) is 0.169. The molecule has 1 unspecified atom stereocenters. The Morgan fingerprint density at radius 2 is 2.20 bits per heavy atom. The van der Waals surface area contributed by atoms with Gasteiger partial charge in [-0.25, -0.2) is 0 Å². The van der Waals surface area contributed by atoms with Crippen LogP contribution in [0.3, 0.4) is 0 Å². The second kappa shape index (κ2) is 5.82. The Morgan fingerprint density at radius 1 is 1.47 bits per heavy atom. The molecule has 1 aliphatic heterocycles. The highest BCUT2D eigenvalue weighted by Crippen LogP contribution is 2.06. The lowest BCUT2D eigenvalue weighted by Gasteiger charge is -2.09. The minimum Gasteiger partial charge on any atom is -0.325 e. The molecule has 0 bridgehead atoms. The summed E-state index contributed by atoms with van der Waals surface area (Å²) in [6.45, 7) is 8.55. The van der Waals surface area contributed by atoms with Gasteiger partial charge in [0.2, 0.25) is 0 Å². The summed E-state index contributed by atoms with van der Waals surface area (Å²) in [4.78, 5) is 0. The van der Waals surface area contributed by atoms with Gasteiger partial charge in [-0.2, -0.15) is 0 Å². The SMILES string of the molecule is CC.CCc1nnc2n1CC(N)CNC2. The molecule has 1 aliphatic rings. The zero-order valence-corrected chi connectivity index (χ0v) is 9.82. The fraction of sp³-hybridized carbons (Fsp3) is 0.800. The van der Waals surface area contributed by atoms with E-state index in [1.807, 2.05) is 13.8 Å². The van der Waals surface area contributed by atoms with Gasteiger partial charge in [0.1, 0.15) is 11.6 Å². The molecule has 5 heteroatoms. The molecule has 3 N–H and O–H groups in total. The smallest absolute Gasteiger partial charge is 0.147 e. The van der Waals surface area contributed by atoms with Crippen molar-refractivity contribution in [2.24, 2.45) is 5.73 Å². The van der Waals surface area contributed by atoms with Crippen molar-refractivity contribution in [2.75, 3.05) is 6.54 Å². The highest BCUT2D eigenvalue weighted by Gasteiger charge is 2.16. The lowest BCUT2D eigenvalue weighted by molar-refractivity contribution is 0.536. The summed E-state index contributed by atoms with van der Waals surface area (Å²) in [7, 11) is 0. The Kier molecular flexibility index (Phi) is 4.71. The molecule has 0 aromatic carbocycles. The van der Waals surface area contributed by atoms with Crippen LogP contribution in [0, 0.1) is 0 Å². The molecule has 15 heavy (non-hydrogen) atoms. The molecule has 86 valence electrons. The average molecular weight is 211 g/mol. The van der Waals surface area contributed by atoms with Crippen LogP contribution in [0.25, 0.3) is 0 Å². The van der Waals surface area contributed by atoms with E-state index in [1.54, 1.807) is 0 Å². The van der Waals surface area contributed by atoms with Crippen molar-refractivity contribution in [1.29, 1.82) is 0 Å². The summed E-state index contributed by atoms with van der Waals surface area (Å²) in [5, 5.41) is 11.5. The van der Waals surface area contributed by atoms with Crippen LogP contribution in [0.5, 0.6) is 0 Å². The molecular weight excluding hydrogens is 190 g/mol. The minimum atomic E-state index is 0.169. The van der Waals surface area contributed by atoms with E-state index in [0.717, 1.165) is 37.7 Å². The maximum atomic E-state index is 5.89. The van der Waals surface area contributed by atoms with Crippen LogP contribution in [0.4, 0.5) is 0 Å². The van der Waals surface area contributed by atoms with Gasteiger partial charge in [-0.05, 0) is 0 Å². The van der Waals surface area contributed by atoms with E-state index in [0.29, 0.717) is 0 Å². The van der Waals surface area contributed by atoms with Crippen LogP contribution >= 0.6 is 0 Å². The zero-order valence-electron chi connectivity index (χ0n) is 9.82. The molecule has 2 rings (SSSR count). The van der Waals surface area contributed by atoms with Gasteiger partial charge in [-0.15, -0.1) is 10.2 Å². The maximum Gasteiger partial charge on any atom is 0.147 e. The predicted molar refractivity (Wildman–Crippen MR) is 60.4 cm³/mol. The predicted octanol–water partition coefficient (Wildman–Crippen LogP) is 0.297. The van der Waals surface area contributed by atoms with Gasteiger partial charge in [-0.1, -0.05) is 20.8 Å². The van der Waals surface area contributed by atoms with Crippen LogP contribution in [0.1, 0.15) is 32.4 Å². The van der Waals surface area contributed by atoms with Gasteiger partial charge in [0.25, 0.3) is 0 Å². The molecular formula is C10H21N5. The first-order valence-electron chi connectivity index (χ1n) is 5.68. The summed E-state index contributed by atoms with van der Waals surface area (Å²) in [5.41, 5.74) is 5.89. The number of hydrogen-bond acceptors (Lipinski definition) is 4. The standard InChI is InChI=1S/C8H15N5.C2H6/c1-2-7-11-12-8-4-10-3-6(9)5-13(7)8;1-2/h6,10H,2-5,9H2,1H3;1-2H3. The summed E-state index contributed by atoms with van der Waals surface area (Å²) >= 11 is 0. The van der Waals surface area contributed by atoms with E-state index in [9.17, 15) is 0 Å². The van der Waals surface area contributed by atoms with Gasteiger partial charge >= 0.3 is 0 Å². The average Bonchev–Trinajstić information content (AvgIpc) is 2.54. The maximum absolute atomic E-state index is 5.89. The van der Waals surface area contributed by atoms with Gasteiger partial charge in [0.05, 0.1) is 6.54 Å². The van der Waals surface area contributed by atoms with E-state index in [4.69, 9.17) is 5.73 Å². The first-order chi connectivity index (χ1) is 7.31. The van der Waals surface area contributed by atoms with Gasteiger partial charge in [0, 0.05) is 25.6 Å². The molecule has 0 aliphatic carbocycles. The van der Waals surface area contributed by atoms with Gasteiger partial charge < -0.3 is 15.6 Å². The van der Waals surface area contributed by atoms with Crippen molar-refractivity contribution in [3.63, 3.8) is 0 Å². The number of rotatable bonds is 1. The third kappa shape index (κ3) is 2.76. The zero-order chi connectivity index (χ0) is 11.3. The molecule has 5 nitrogen and oxygen atoms in total. The van der Waals surface area contributed by atoms with Crippen molar-refractivity contribution >= 4 is 0 Å². The Hall–Kier alpha value is -0.940. The molecule has 0 amide bonds. The van der Waals surface area contributed by atoms with Gasteiger partial charge in [-0.3, -0.25) is 0 Å². The number of nitrogens with zero attached hydrogens (tertiary/aromatic N) is 3. The largest absolute Gasteiger partial charge is 0.325 e. The van der Waals surface area contributed by atoms with E-state index in [-0.39, 0.29) is 6.04 Å². The molecule has 0 saturated heterocycles. The lowest BCUT2D eigenvalue weighted by atomic mass is 10.3. The number of aromatic nitrogens is 3. The van der Waals surface area contributed by atoms with E-state index in [2.05, 4.69) is 27.0 Å². The third-order valence-corrected chi connectivity index (χ3v) is 2.33. The molecule has 0 radical (unpaired) electrons. The summed E-state index contributed by atoms with van der Waals surface area (Å²) in [6.07, 6.45) is 0.916. The van der Waals surface area contributed by atoms with Crippen LogP contribution < -0.4 is 11.1 Å². The highest BCUT2D eigenvalue weighted by atomic mass is 15.3. The molecule has 2 heterocycles. The fourth-order valence-corrected chi connectivity index (χ4v) is 1.64. The Bertz CT molecular complexity index is 294. The van der Waals surface area contributed by atoms with Crippen molar-refractivity contribution < 1.29 is 0 Å². The Labute approximate surface area is 91.1 Å². The van der Waals surface area contributed by atoms with Crippen LogP contribution in [-0.2, 0) is 19.5 Å². The monoisotopic (exact) mass is 211 g/mol. The van der Waals surface area contributed by atoms with Crippen molar-refractivity contribution in [3.05, 3.63) is 11.6 Å². The molecule has 0 saturated carbocycles. The molecule has 0 spiro atoms. The van der Waals surface area contributed by atoms with Crippen molar-refractivity contribution in [2.45, 2.75) is 46.3 Å². The fourth-order valence-electron chi connectivity index (χ4n) is 1.64. The first-order valence-corrected chi connectivity index (χ1v) is 5.68. The quantitative estimate of drug-likeness (QED) is 0.701. The van der Waals surface area contributed by atoms with Crippen molar-refractivity contribution in [1.82, 2.24) is 20.1 Å². The number of nitrogens with one attached hydrogen (secondary N) is 1. The van der Waals surface area contributed by atoms with Crippen LogP contribution in [0.2, 0.25) is 0 Å². The number of hydrogen-bond donors (Lipinski definition) is 2. The Balaban J connectivity index is 0.000000531. The molecule has 1 aromatic heterocycles. The van der Waals surface area contributed by atoms with Crippen LogP contribution in [-0.4, -0.2) is 27.4 Å². The second-order valence-electron chi connectivity index (χ2n) is 3.39. The second-order valence-corrected chi connectivity index (χ2v) is 3.39. The number of nitrogens with two attached hydrogens (primary N) is 1. The van der Waals surface area contributed by atoms with Crippen molar-refractivity contribution in [3.8, 4) is 0 Å². The van der Waals surface area contributed by atoms with E-state index in [1.165, 1.54) is 0 Å². The molecule has 1 atom stereocenters. The van der Waals surface area contributed by atoms with Crippen LogP contribution in [0.15, 0.2) is 0 Å². The molecule has 1 aromatic rings. The summed E-state index contributed by atoms with van der Waals surface area (Å²) in [5.74, 6) is 2.04. The van der Waals surface area contributed by atoms with E-state index < -0.39 is 0 Å². The summed E-state index contributed by atoms with van der Waals surface area (Å²) < 4.78 is 2.13. The highest BCUT2D eigenvalue weighted by molar-refractivity contribution is 4.98. The van der Waals surface area contributed by atoms with E-state index >= 15 is 0 Å². The number of aryl methyl sites for hydroxylation is 1. The Morgan fingerprint density at radius 3 is 2.87 bits per heavy atom. The lowest BCUT2D eigenvalue weighted by Crippen LogP contribution is -2.34. The van der Waals surface area contributed by atoms with Gasteiger partial charge in [0.15, 0.2) is 0 Å². The third-order valence-electron chi connectivity index (χ3n) is 2.33.